The maximum Gasteiger partial charge on any atom is 0.0369 e. The number of aryl methyl sites for hydroxylation is 1. The Bertz CT molecular complexity index is 792. The highest BCUT2D eigenvalue weighted by Gasteiger charge is 2.14. The molecule has 0 aliphatic carbocycles. The quantitative estimate of drug-likeness (QED) is 0.554. The van der Waals surface area contributed by atoms with Gasteiger partial charge in [-0.3, -0.25) is 0 Å². The van der Waals surface area contributed by atoms with E-state index in [4.69, 9.17) is 0 Å². The third-order valence-corrected chi connectivity index (χ3v) is 5.56. The first-order valence-electron chi connectivity index (χ1n) is 10.2. The lowest BCUT2D eigenvalue weighted by molar-refractivity contribution is 0.865. The Morgan fingerprint density at radius 2 is 1.70 bits per heavy atom. The van der Waals surface area contributed by atoms with E-state index in [1.54, 1.807) is 0 Å². The predicted molar refractivity (Wildman–Crippen MR) is 120 cm³/mol. The number of hydrogen-bond acceptors (Lipinski definition) is 2. The summed E-state index contributed by atoms with van der Waals surface area (Å²) in [6.07, 6.45) is 6.63. The van der Waals surface area contributed by atoms with Gasteiger partial charge in [-0.05, 0) is 80.1 Å². The molecule has 1 fully saturated rings. The highest BCUT2D eigenvalue weighted by atomic mass is 15.1. The highest BCUT2D eigenvalue weighted by Crippen LogP contribution is 2.31. The molecule has 2 aromatic carbocycles. The van der Waals surface area contributed by atoms with Crippen LogP contribution in [0.1, 0.15) is 43.4 Å². The molecule has 27 heavy (non-hydrogen) atoms. The Kier molecular flexibility index (Phi) is 6.39. The minimum atomic E-state index is 1.03. The minimum absolute atomic E-state index is 1.03. The molecule has 0 unspecified atom stereocenters. The second-order valence-corrected chi connectivity index (χ2v) is 7.23. The van der Waals surface area contributed by atoms with Crippen molar-refractivity contribution < 1.29 is 0 Å². The lowest BCUT2D eigenvalue weighted by atomic mass is 9.93. The molecule has 0 bridgehead atoms. The van der Waals surface area contributed by atoms with Gasteiger partial charge < -0.3 is 9.80 Å². The normalized spacial score (nSPS) is 14.5. The monoisotopic (exact) mass is 360 g/mol. The van der Waals surface area contributed by atoms with Crippen LogP contribution in [0.15, 0.2) is 61.2 Å². The van der Waals surface area contributed by atoms with Crippen LogP contribution in [0.25, 0.3) is 5.57 Å². The van der Waals surface area contributed by atoms with Gasteiger partial charge in [0.2, 0.25) is 0 Å². The molecule has 1 saturated heterocycles. The van der Waals surface area contributed by atoms with Crippen molar-refractivity contribution in [3.8, 4) is 0 Å². The number of nitrogens with zero attached hydrogens (tertiary/aromatic N) is 2. The molecule has 0 spiro atoms. The first-order chi connectivity index (χ1) is 13.2. The number of hydrogen-bond donors (Lipinski definition) is 0. The number of benzene rings is 2. The summed E-state index contributed by atoms with van der Waals surface area (Å²) < 4.78 is 0. The van der Waals surface area contributed by atoms with Crippen molar-refractivity contribution in [3.05, 3.63) is 77.9 Å². The van der Waals surface area contributed by atoms with E-state index in [-0.39, 0.29) is 0 Å². The summed E-state index contributed by atoms with van der Waals surface area (Å²) in [5.74, 6) is 0. The molecule has 3 rings (SSSR count). The van der Waals surface area contributed by atoms with Crippen molar-refractivity contribution in [1.29, 1.82) is 0 Å². The first-order valence-corrected chi connectivity index (χ1v) is 10.2. The molecule has 2 nitrogen and oxygen atoms in total. The van der Waals surface area contributed by atoms with Crippen LogP contribution in [-0.4, -0.2) is 26.2 Å². The van der Waals surface area contributed by atoms with Gasteiger partial charge in [-0.1, -0.05) is 36.9 Å². The molecule has 1 aliphatic rings. The van der Waals surface area contributed by atoms with Gasteiger partial charge in [-0.15, -0.1) is 0 Å². The first kappa shape index (κ1) is 19.3. The average molecular weight is 361 g/mol. The molecule has 0 radical (unpaired) electrons. The van der Waals surface area contributed by atoms with Gasteiger partial charge in [0, 0.05) is 37.6 Å². The molecule has 142 valence electrons. The molecule has 0 atom stereocenters. The van der Waals surface area contributed by atoms with E-state index in [1.807, 2.05) is 6.08 Å². The summed E-state index contributed by atoms with van der Waals surface area (Å²) in [5.41, 5.74) is 7.69. The molecule has 0 aromatic heterocycles. The molecule has 1 aliphatic heterocycles. The molecular formula is C25H32N2. The topological polar surface area (TPSA) is 6.48 Å². The zero-order valence-electron chi connectivity index (χ0n) is 17.0. The summed E-state index contributed by atoms with van der Waals surface area (Å²) >= 11 is 0. The number of allylic oxidation sites excluding steroid dienone is 2. The molecule has 2 aromatic rings. The minimum Gasteiger partial charge on any atom is -0.372 e. The van der Waals surface area contributed by atoms with Crippen molar-refractivity contribution in [3.63, 3.8) is 0 Å². The molecule has 0 amide bonds. The summed E-state index contributed by atoms with van der Waals surface area (Å²) in [5, 5.41) is 0. The van der Waals surface area contributed by atoms with Crippen molar-refractivity contribution in [2.45, 2.75) is 33.6 Å². The van der Waals surface area contributed by atoms with Gasteiger partial charge in [-0.2, -0.15) is 0 Å². The van der Waals surface area contributed by atoms with Crippen LogP contribution in [0, 0.1) is 6.92 Å². The van der Waals surface area contributed by atoms with Gasteiger partial charge in [-0.25, -0.2) is 0 Å². The number of rotatable bonds is 7. The van der Waals surface area contributed by atoms with Crippen LogP contribution in [0.5, 0.6) is 0 Å². The molecular weight excluding hydrogens is 328 g/mol. The lowest BCUT2D eigenvalue weighted by Crippen LogP contribution is -2.21. The van der Waals surface area contributed by atoms with Crippen LogP contribution >= 0.6 is 0 Å². The summed E-state index contributed by atoms with van der Waals surface area (Å²) in [6, 6.07) is 15.8. The maximum atomic E-state index is 3.94. The van der Waals surface area contributed by atoms with E-state index in [0.29, 0.717) is 0 Å². The summed E-state index contributed by atoms with van der Waals surface area (Å²) in [7, 11) is 0. The Balaban J connectivity index is 1.91. The van der Waals surface area contributed by atoms with E-state index >= 15 is 0 Å². The van der Waals surface area contributed by atoms with E-state index < -0.39 is 0 Å². The number of anilines is 2. The maximum absolute atomic E-state index is 3.94. The van der Waals surface area contributed by atoms with Gasteiger partial charge in [0.15, 0.2) is 0 Å². The largest absolute Gasteiger partial charge is 0.372 e. The van der Waals surface area contributed by atoms with E-state index in [0.717, 1.165) is 13.1 Å². The Hall–Kier alpha value is -2.48. The van der Waals surface area contributed by atoms with Crippen LogP contribution in [0.4, 0.5) is 11.4 Å². The third-order valence-electron chi connectivity index (χ3n) is 5.56. The standard InChI is InChI=1S/C25H32N2/c1-5-10-25(21-11-13-22(14-12-21)27-17-8-9-18-27)24-16-15-23(19-20(24)4)26(6-2)7-3/h5,10-16,19H,1,6-9,17-18H2,2-4H3/b25-10-. The smallest absolute Gasteiger partial charge is 0.0369 e. The summed E-state index contributed by atoms with van der Waals surface area (Å²) in [4.78, 5) is 4.86. The van der Waals surface area contributed by atoms with Crippen molar-refractivity contribution in [2.24, 2.45) is 0 Å². The Morgan fingerprint density at radius 3 is 2.26 bits per heavy atom. The zero-order chi connectivity index (χ0) is 19.2. The van der Waals surface area contributed by atoms with E-state index in [2.05, 4.69) is 85.7 Å². The van der Waals surface area contributed by atoms with Crippen molar-refractivity contribution in [2.75, 3.05) is 36.0 Å². The van der Waals surface area contributed by atoms with Crippen molar-refractivity contribution in [1.82, 2.24) is 0 Å². The fraction of sp³-hybridized carbons (Fsp3) is 0.360. The third kappa shape index (κ3) is 4.27. The zero-order valence-corrected chi connectivity index (χ0v) is 17.0. The fourth-order valence-electron chi connectivity index (χ4n) is 4.02. The average Bonchev–Trinajstić information content (AvgIpc) is 3.23. The Labute approximate surface area is 164 Å². The van der Waals surface area contributed by atoms with Gasteiger partial charge >= 0.3 is 0 Å². The molecule has 0 N–H and O–H groups in total. The molecule has 2 heteroatoms. The van der Waals surface area contributed by atoms with Crippen LogP contribution in [-0.2, 0) is 0 Å². The Morgan fingerprint density at radius 1 is 1.04 bits per heavy atom. The lowest BCUT2D eigenvalue weighted by Gasteiger charge is -2.23. The summed E-state index contributed by atoms with van der Waals surface area (Å²) in [6.45, 7) is 15.0. The molecule has 0 saturated carbocycles. The van der Waals surface area contributed by atoms with Crippen LogP contribution in [0.2, 0.25) is 0 Å². The highest BCUT2D eigenvalue weighted by molar-refractivity contribution is 5.83. The van der Waals surface area contributed by atoms with E-state index in [1.165, 1.54) is 59.6 Å². The van der Waals surface area contributed by atoms with Gasteiger partial charge in [0.25, 0.3) is 0 Å². The van der Waals surface area contributed by atoms with Crippen LogP contribution in [0.3, 0.4) is 0 Å². The fourth-order valence-corrected chi connectivity index (χ4v) is 4.02. The second-order valence-electron chi connectivity index (χ2n) is 7.23. The second kappa shape index (κ2) is 8.94. The predicted octanol–water partition coefficient (Wildman–Crippen LogP) is 6.06. The van der Waals surface area contributed by atoms with Gasteiger partial charge in [0.1, 0.15) is 0 Å². The molecule has 1 heterocycles. The van der Waals surface area contributed by atoms with Crippen LogP contribution < -0.4 is 9.80 Å². The van der Waals surface area contributed by atoms with Gasteiger partial charge in [0.05, 0.1) is 0 Å². The SMILES string of the molecule is C=C/C=C(/c1ccc(N2CCCC2)cc1)c1ccc(N(CC)CC)cc1C. The van der Waals surface area contributed by atoms with E-state index in [9.17, 15) is 0 Å². The van der Waals surface area contributed by atoms with Crippen molar-refractivity contribution >= 4 is 16.9 Å².